The fraction of sp³-hybridized carbons (Fsp3) is 0.0392. The zero-order valence-corrected chi connectivity index (χ0v) is 32.3. The van der Waals surface area contributed by atoms with Gasteiger partial charge in [0.05, 0.1) is 11.0 Å². The van der Waals surface area contributed by atoms with E-state index >= 15 is 0 Å². The molecule has 0 amide bonds. The summed E-state index contributed by atoms with van der Waals surface area (Å²) in [6, 6.07) is 66.2. The Hall–Kier alpha value is -6.57. The number of aliphatic imine (C=N–C) groups is 1. The van der Waals surface area contributed by atoms with Crippen molar-refractivity contribution in [1.29, 1.82) is 0 Å². The summed E-state index contributed by atoms with van der Waals surface area (Å²) in [5, 5.41) is 15.3. The smallest absolute Gasteiger partial charge is 0.131 e. The van der Waals surface area contributed by atoms with Crippen LogP contribution < -0.4 is 10.6 Å². The highest BCUT2D eigenvalue weighted by Gasteiger charge is 2.26. The third-order valence-corrected chi connectivity index (χ3v) is 13.7. The van der Waals surface area contributed by atoms with Gasteiger partial charge in [0, 0.05) is 62.4 Å². The predicted molar refractivity (Wildman–Crippen MR) is 243 cm³/mol. The molecule has 4 heterocycles. The maximum atomic E-state index is 5.11. The molecule has 57 heavy (non-hydrogen) atoms. The average molecular weight is 767 g/mol. The SMILES string of the molecule is c1ccc(C2=NC(c3ccccc3)NC(c3ccc4sc5ccc(-c6ccc7c(c6)sc6cc(-n8c9ccccc9c9ccccc98)ccc67)cc5c4c3)N2)cc1. The summed E-state index contributed by atoms with van der Waals surface area (Å²) in [5.74, 6) is 0.894. The van der Waals surface area contributed by atoms with Crippen molar-refractivity contribution in [2.75, 3.05) is 0 Å². The summed E-state index contributed by atoms with van der Waals surface area (Å²) in [6.07, 6.45) is -0.283. The zero-order valence-electron chi connectivity index (χ0n) is 30.7. The van der Waals surface area contributed by atoms with Crippen LogP contribution in [0, 0.1) is 0 Å². The van der Waals surface area contributed by atoms with Gasteiger partial charge in [-0.1, -0.05) is 127 Å². The predicted octanol–water partition coefficient (Wildman–Crippen LogP) is 13.5. The second-order valence-corrected chi connectivity index (χ2v) is 17.0. The second-order valence-electron chi connectivity index (χ2n) is 14.8. The number of nitrogens with zero attached hydrogens (tertiary/aromatic N) is 2. The highest BCUT2D eigenvalue weighted by molar-refractivity contribution is 7.26. The monoisotopic (exact) mass is 766 g/mol. The molecular weight excluding hydrogens is 733 g/mol. The number of amidine groups is 1. The van der Waals surface area contributed by atoms with Crippen LogP contribution in [-0.2, 0) is 0 Å². The molecule has 4 nitrogen and oxygen atoms in total. The van der Waals surface area contributed by atoms with Crippen molar-refractivity contribution in [3.05, 3.63) is 199 Å². The molecule has 0 radical (unpaired) electrons. The number of benzene rings is 8. The van der Waals surface area contributed by atoms with Crippen LogP contribution in [0.3, 0.4) is 0 Å². The maximum absolute atomic E-state index is 5.11. The molecule has 1 aliphatic rings. The molecule has 0 aliphatic carbocycles. The van der Waals surface area contributed by atoms with Gasteiger partial charge in [-0.15, -0.1) is 22.7 Å². The maximum Gasteiger partial charge on any atom is 0.131 e. The number of rotatable bonds is 5. The van der Waals surface area contributed by atoms with Gasteiger partial charge in [0.2, 0.25) is 0 Å². The van der Waals surface area contributed by atoms with Gasteiger partial charge in [-0.3, -0.25) is 5.32 Å². The highest BCUT2D eigenvalue weighted by Crippen LogP contribution is 2.42. The van der Waals surface area contributed by atoms with Crippen molar-refractivity contribution in [2.24, 2.45) is 4.99 Å². The number of para-hydroxylation sites is 2. The quantitative estimate of drug-likeness (QED) is 0.183. The van der Waals surface area contributed by atoms with E-state index in [4.69, 9.17) is 4.99 Å². The Bertz CT molecular complexity index is 3320. The van der Waals surface area contributed by atoms with E-state index in [1.54, 1.807) is 0 Å². The van der Waals surface area contributed by atoms with Gasteiger partial charge in [0.15, 0.2) is 0 Å². The molecule has 2 atom stereocenters. The van der Waals surface area contributed by atoms with E-state index in [1.165, 1.54) is 84.5 Å². The van der Waals surface area contributed by atoms with Crippen molar-refractivity contribution in [3.8, 4) is 16.8 Å². The van der Waals surface area contributed by atoms with E-state index < -0.39 is 0 Å². The summed E-state index contributed by atoms with van der Waals surface area (Å²) in [5.41, 5.74) is 9.53. The molecule has 0 saturated heterocycles. The standard InChI is InChI=1S/C51H34N4S2/c1-3-11-31(12-4-1)49-52-50(32-13-5-2-6-14-32)54-51(53-49)35-21-26-46-42(28-35)41-27-33(20-25-45(41)56-46)34-19-23-39-40-24-22-36(30-48(40)57-47(39)29-34)55-43-17-9-7-15-37(43)38-16-8-10-18-44(38)55/h1-30,49,51,53H,(H,52,54). The molecule has 0 saturated carbocycles. The van der Waals surface area contributed by atoms with Crippen LogP contribution in [0.25, 0.3) is 79.0 Å². The molecule has 2 unspecified atom stereocenters. The lowest BCUT2D eigenvalue weighted by molar-refractivity contribution is 0.409. The molecule has 1 aliphatic heterocycles. The third-order valence-electron chi connectivity index (χ3n) is 11.5. The Morgan fingerprint density at radius 2 is 1.02 bits per heavy atom. The summed E-state index contributed by atoms with van der Waals surface area (Å²) in [7, 11) is 0. The zero-order chi connectivity index (χ0) is 37.5. The van der Waals surface area contributed by atoms with Gasteiger partial charge in [-0.05, 0) is 76.9 Å². The van der Waals surface area contributed by atoms with Crippen molar-refractivity contribution < 1.29 is 0 Å². The summed E-state index contributed by atoms with van der Waals surface area (Å²) < 4.78 is 7.59. The molecule has 12 rings (SSSR count). The Balaban J connectivity index is 0.913. The van der Waals surface area contributed by atoms with E-state index in [0.717, 1.165) is 17.0 Å². The first kappa shape index (κ1) is 32.7. The third kappa shape index (κ3) is 5.41. The Kier molecular flexibility index (Phi) is 7.45. The summed E-state index contributed by atoms with van der Waals surface area (Å²) in [4.78, 5) is 5.11. The summed E-state index contributed by atoms with van der Waals surface area (Å²) >= 11 is 3.74. The first-order valence-corrected chi connectivity index (χ1v) is 21.0. The van der Waals surface area contributed by atoms with Gasteiger partial charge in [0.25, 0.3) is 0 Å². The van der Waals surface area contributed by atoms with E-state index in [-0.39, 0.29) is 12.3 Å². The van der Waals surface area contributed by atoms with Gasteiger partial charge >= 0.3 is 0 Å². The molecule has 8 aromatic carbocycles. The fourth-order valence-corrected chi connectivity index (χ4v) is 11.0. The number of thiophene rings is 2. The van der Waals surface area contributed by atoms with Gasteiger partial charge in [-0.2, -0.15) is 0 Å². The fourth-order valence-electron chi connectivity index (χ4n) is 8.72. The molecule has 2 N–H and O–H groups in total. The van der Waals surface area contributed by atoms with Crippen LogP contribution in [0.1, 0.15) is 29.0 Å². The minimum atomic E-state index is -0.168. The molecule has 11 aromatic rings. The van der Waals surface area contributed by atoms with Crippen LogP contribution in [0.15, 0.2) is 187 Å². The molecular formula is C51H34N4S2. The topological polar surface area (TPSA) is 41.4 Å². The Labute approximate surface area is 337 Å². The largest absolute Gasteiger partial charge is 0.350 e. The van der Waals surface area contributed by atoms with Crippen LogP contribution in [0.5, 0.6) is 0 Å². The molecule has 6 heteroatoms. The lowest BCUT2D eigenvalue weighted by Crippen LogP contribution is -2.44. The first-order chi connectivity index (χ1) is 28.2. The van der Waals surface area contributed by atoms with Gasteiger partial charge in [0.1, 0.15) is 18.2 Å². The molecule has 0 spiro atoms. The second kappa shape index (κ2) is 13.0. The van der Waals surface area contributed by atoms with E-state index in [2.05, 4.69) is 191 Å². The van der Waals surface area contributed by atoms with Crippen LogP contribution in [0.2, 0.25) is 0 Å². The highest BCUT2D eigenvalue weighted by atomic mass is 32.1. The minimum absolute atomic E-state index is 0.115. The van der Waals surface area contributed by atoms with Gasteiger partial charge in [-0.25, -0.2) is 4.99 Å². The number of aromatic nitrogens is 1. The van der Waals surface area contributed by atoms with E-state index in [0.29, 0.717) is 0 Å². The number of hydrogen-bond acceptors (Lipinski definition) is 5. The molecule has 270 valence electrons. The number of fused-ring (bicyclic) bond motifs is 9. The van der Waals surface area contributed by atoms with Crippen molar-refractivity contribution >= 4 is 90.7 Å². The Morgan fingerprint density at radius 1 is 0.421 bits per heavy atom. The van der Waals surface area contributed by atoms with Crippen LogP contribution in [0.4, 0.5) is 0 Å². The molecule has 0 bridgehead atoms. The van der Waals surface area contributed by atoms with Crippen LogP contribution >= 0.6 is 22.7 Å². The van der Waals surface area contributed by atoms with E-state index in [1.807, 2.05) is 28.7 Å². The van der Waals surface area contributed by atoms with E-state index in [9.17, 15) is 0 Å². The Morgan fingerprint density at radius 3 is 1.79 bits per heavy atom. The average Bonchev–Trinajstić information content (AvgIpc) is 3.95. The normalized spacial score (nSPS) is 15.9. The van der Waals surface area contributed by atoms with Gasteiger partial charge < -0.3 is 9.88 Å². The molecule has 0 fully saturated rings. The number of nitrogens with one attached hydrogen (secondary N) is 2. The number of hydrogen-bond donors (Lipinski definition) is 2. The minimum Gasteiger partial charge on any atom is -0.350 e. The van der Waals surface area contributed by atoms with Crippen molar-refractivity contribution in [2.45, 2.75) is 12.3 Å². The lowest BCUT2D eigenvalue weighted by atomic mass is 10.00. The van der Waals surface area contributed by atoms with Crippen LogP contribution in [-0.4, -0.2) is 10.4 Å². The van der Waals surface area contributed by atoms with Crippen molar-refractivity contribution in [3.63, 3.8) is 0 Å². The summed E-state index contributed by atoms with van der Waals surface area (Å²) in [6.45, 7) is 0. The first-order valence-electron chi connectivity index (χ1n) is 19.3. The molecule has 3 aromatic heterocycles. The lowest BCUT2D eigenvalue weighted by Gasteiger charge is -2.32. The van der Waals surface area contributed by atoms with Crippen molar-refractivity contribution in [1.82, 2.24) is 15.2 Å².